The fourth-order valence-corrected chi connectivity index (χ4v) is 2.99. The van der Waals surface area contributed by atoms with Crippen molar-refractivity contribution in [1.29, 1.82) is 0 Å². The summed E-state index contributed by atoms with van der Waals surface area (Å²) in [5.41, 5.74) is 0.717. The highest BCUT2D eigenvalue weighted by Crippen LogP contribution is 2.22. The van der Waals surface area contributed by atoms with Gasteiger partial charge >= 0.3 is 0 Å². The van der Waals surface area contributed by atoms with Crippen LogP contribution in [0.25, 0.3) is 0 Å². The molecule has 1 fully saturated rings. The third kappa shape index (κ3) is 6.51. The van der Waals surface area contributed by atoms with E-state index in [0.717, 1.165) is 32.5 Å². The number of piperidine rings is 1. The van der Waals surface area contributed by atoms with Crippen LogP contribution in [0, 0.1) is 5.92 Å². The molecule has 0 aliphatic carbocycles. The van der Waals surface area contributed by atoms with Crippen LogP contribution in [0.15, 0.2) is 12.4 Å². The molecule has 1 aromatic heterocycles. The van der Waals surface area contributed by atoms with Crippen LogP contribution >= 0.6 is 0 Å². The summed E-state index contributed by atoms with van der Waals surface area (Å²) in [5, 5.41) is 13.0. The first-order valence-electron chi connectivity index (χ1n) is 9.19. The van der Waals surface area contributed by atoms with Crippen molar-refractivity contribution in [1.82, 2.24) is 14.7 Å². The lowest BCUT2D eigenvalue weighted by molar-refractivity contribution is 0.0238. The number of hydrogen-bond acceptors (Lipinski definition) is 6. The third-order valence-corrected chi connectivity index (χ3v) is 4.50. The number of aromatic nitrogens is 2. The maximum absolute atomic E-state index is 12.0. The Morgan fingerprint density at radius 1 is 1.24 bits per heavy atom. The molecule has 2 rings (SSSR count). The van der Waals surface area contributed by atoms with Crippen LogP contribution in [0.4, 0.5) is 0 Å². The first kappa shape index (κ1) is 20.0. The van der Waals surface area contributed by atoms with Crippen molar-refractivity contribution in [3.05, 3.63) is 18.0 Å². The molecule has 1 aromatic rings. The van der Waals surface area contributed by atoms with Gasteiger partial charge in [-0.05, 0) is 12.8 Å². The van der Waals surface area contributed by atoms with Crippen LogP contribution in [-0.4, -0.2) is 78.2 Å². The van der Waals surface area contributed by atoms with Crippen LogP contribution in [0.2, 0.25) is 0 Å². The number of ether oxygens (including phenoxy) is 2. The molecule has 25 heavy (non-hydrogen) atoms. The van der Waals surface area contributed by atoms with Crippen molar-refractivity contribution in [2.24, 2.45) is 5.92 Å². The number of rotatable bonds is 11. The Kier molecular flexibility index (Phi) is 8.54. The van der Waals surface area contributed by atoms with Crippen LogP contribution in [0.3, 0.4) is 0 Å². The minimum absolute atomic E-state index is 0.00790. The molecule has 142 valence electrons. The summed E-state index contributed by atoms with van der Waals surface area (Å²) in [6.07, 6.45) is 5.67. The molecule has 0 spiro atoms. The summed E-state index contributed by atoms with van der Waals surface area (Å²) in [4.78, 5) is 14.4. The molecule has 0 aromatic carbocycles. The number of nitrogens with zero attached hydrogens (tertiary/aromatic N) is 3. The molecule has 0 unspecified atom stereocenters. The van der Waals surface area contributed by atoms with Crippen LogP contribution in [-0.2, 0) is 9.47 Å². The number of ketones is 1. The minimum Gasteiger partial charge on any atom is -0.394 e. The summed E-state index contributed by atoms with van der Waals surface area (Å²) >= 11 is 0. The second kappa shape index (κ2) is 10.7. The Hall–Kier alpha value is -1.28. The van der Waals surface area contributed by atoms with Gasteiger partial charge in [-0.25, -0.2) is 0 Å². The lowest BCUT2D eigenvalue weighted by Crippen LogP contribution is -2.37. The zero-order valence-electron chi connectivity index (χ0n) is 15.4. The van der Waals surface area contributed by atoms with Gasteiger partial charge in [0.2, 0.25) is 0 Å². The molecule has 1 saturated heterocycles. The molecule has 1 aliphatic rings. The maximum Gasteiger partial charge on any atom is 0.168 e. The van der Waals surface area contributed by atoms with Gasteiger partial charge in [0.15, 0.2) is 5.78 Å². The Labute approximate surface area is 149 Å². The van der Waals surface area contributed by atoms with E-state index in [1.54, 1.807) is 6.20 Å². The Morgan fingerprint density at radius 3 is 2.56 bits per heavy atom. The predicted octanol–water partition coefficient (Wildman–Crippen LogP) is 1.38. The maximum atomic E-state index is 12.0. The molecule has 0 amide bonds. The number of aliphatic hydroxyl groups is 1. The summed E-state index contributed by atoms with van der Waals surface area (Å²) in [6, 6.07) is 0.373. The minimum atomic E-state index is 0.00790. The van der Waals surface area contributed by atoms with E-state index in [4.69, 9.17) is 14.6 Å². The zero-order valence-corrected chi connectivity index (χ0v) is 15.4. The van der Waals surface area contributed by atoms with Gasteiger partial charge in [-0.15, -0.1) is 0 Å². The van der Waals surface area contributed by atoms with E-state index in [1.807, 2.05) is 24.7 Å². The summed E-state index contributed by atoms with van der Waals surface area (Å²) in [6.45, 7) is 9.00. The molecule has 2 heterocycles. The third-order valence-electron chi connectivity index (χ3n) is 4.50. The summed E-state index contributed by atoms with van der Waals surface area (Å²) in [7, 11) is 0. The Morgan fingerprint density at radius 2 is 1.92 bits per heavy atom. The van der Waals surface area contributed by atoms with E-state index in [1.165, 1.54) is 0 Å². The van der Waals surface area contributed by atoms with Gasteiger partial charge in [0.05, 0.1) is 50.8 Å². The number of hydrogen-bond donors (Lipinski definition) is 1. The second-order valence-electron chi connectivity index (χ2n) is 6.75. The molecule has 1 N–H and O–H groups in total. The normalized spacial score (nSPS) is 16.6. The van der Waals surface area contributed by atoms with Crippen LogP contribution in [0.5, 0.6) is 0 Å². The van der Waals surface area contributed by atoms with Gasteiger partial charge < -0.3 is 19.5 Å². The van der Waals surface area contributed by atoms with E-state index in [0.29, 0.717) is 38.0 Å². The van der Waals surface area contributed by atoms with Crippen molar-refractivity contribution in [3.8, 4) is 0 Å². The average molecular weight is 353 g/mol. The second-order valence-corrected chi connectivity index (χ2v) is 6.75. The van der Waals surface area contributed by atoms with Crippen LogP contribution in [0.1, 0.15) is 43.1 Å². The van der Waals surface area contributed by atoms with Crippen LogP contribution < -0.4 is 0 Å². The fourth-order valence-electron chi connectivity index (χ4n) is 2.99. The number of Topliss-reactive ketones (excluding diaryl/α,β-unsaturated/α-hetero) is 1. The topological polar surface area (TPSA) is 76.8 Å². The largest absolute Gasteiger partial charge is 0.394 e. The van der Waals surface area contributed by atoms with Gasteiger partial charge in [0.25, 0.3) is 0 Å². The predicted molar refractivity (Wildman–Crippen MR) is 94.8 cm³/mol. The first-order chi connectivity index (χ1) is 12.1. The molecule has 7 nitrogen and oxygen atoms in total. The van der Waals surface area contributed by atoms with Gasteiger partial charge in [-0.1, -0.05) is 13.8 Å². The molecular weight excluding hydrogens is 322 g/mol. The molecular formula is C18H31N3O4. The molecule has 7 heteroatoms. The van der Waals surface area contributed by atoms with Crippen molar-refractivity contribution in [3.63, 3.8) is 0 Å². The lowest BCUT2D eigenvalue weighted by atomic mass is 10.0. The van der Waals surface area contributed by atoms with Gasteiger partial charge in [-0.2, -0.15) is 5.10 Å². The quantitative estimate of drug-likeness (QED) is 0.478. The zero-order chi connectivity index (χ0) is 18.1. The standard InChI is InChI=1S/C18H31N3O4/c1-15(2)18(23)16-13-19-21(14-16)17-3-5-20(6-4-17)7-9-24-11-12-25-10-8-22/h13-15,17,22H,3-12H2,1-2H3. The molecule has 0 bridgehead atoms. The lowest BCUT2D eigenvalue weighted by Gasteiger charge is -2.31. The van der Waals surface area contributed by atoms with Crippen molar-refractivity contribution < 1.29 is 19.4 Å². The van der Waals surface area contributed by atoms with Gasteiger partial charge in [0.1, 0.15) is 0 Å². The summed E-state index contributed by atoms with van der Waals surface area (Å²) in [5.74, 6) is 0.164. The first-order valence-corrected chi connectivity index (χ1v) is 9.19. The molecule has 0 saturated carbocycles. The van der Waals surface area contributed by atoms with Crippen molar-refractivity contribution in [2.75, 3.05) is 52.7 Å². The van der Waals surface area contributed by atoms with E-state index in [9.17, 15) is 4.79 Å². The van der Waals surface area contributed by atoms with E-state index in [2.05, 4.69) is 10.00 Å². The smallest absolute Gasteiger partial charge is 0.168 e. The number of carbonyl (C=O) groups excluding carboxylic acids is 1. The molecule has 0 atom stereocenters. The van der Waals surface area contributed by atoms with E-state index < -0.39 is 0 Å². The number of likely N-dealkylation sites (tertiary alicyclic amines) is 1. The van der Waals surface area contributed by atoms with E-state index >= 15 is 0 Å². The number of aliphatic hydroxyl groups excluding tert-OH is 1. The van der Waals surface area contributed by atoms with E-state index in [-0.39, 0.29) is 18.3 Å². The monoisotopic (exact) mass is 353 g/mol. The Bertz CT molecular complexity index is 510. The highest BCUT2D eigenvalue weighted by Gasteiger charge is 2.22. The number of carbonyl (C=O) groups is 1. The van der Waals surface area contributed by atoms with Gasteiger partial charge in [-0.3, -0.25) is 9.48 Å². The van der Waals surface area contributed by atoms with Crippen molar-refractivity contribution >= 4 is 5.78 Å². The average Bonchev–Trinajstić information content (AvgIpc) is 3.10. The highest BCUT2D eigenvalue weighted by molar-refractivity contribution is 5.96. The SMILES string of the molecule is CC(C)C(=O)c1cnn(C2CCN(CCOCCOCCO)CC2)c1. The molecule has 1 aliphatic heterocycles. The summed E-state index contributed by atoms with van der Waals surface area (Å²) < 4.78 is 12.7. The Balaban J connectivity index is 1.64. The highest BCUT2D eigenvalue weighted by atomic mass is 16.5. The molecule has 0 radical (unpaired) electrons. The fraction of sp³-hybridized carbons (Fsp3) is 0.778. The van der Waals surface area contributed by atoms with Crippen molar-refractivity contribution in [2.45, 2.75) is 32.7 Å². The van der Waals surface area contributed by atoms with Gasteiger partial charge in [0, 0.05) is 31.7 Å².